The van der Waals surface area contributed by atoms with Crippen molar-refractivity contribution in [3.05, 3.63) is 0 Å². The van der Waals surface area contributed by atoms with Gasteiger partial charge >= 0.3 is 5.97 Å². The summed E-state index contributed by atoms with van der Waals surface area (Å²) in [6, 6.07) is 0. The lowest BCUT2D eigenvalue weighted by Crippen LogP contribution is -2.42. The molecule has 1 aliphatic rings. The minimum absolute atomic E-state index is 0.0780. The van der Waals surface area contributed by atoms with Crippen LogP contribution in [0.3, 0.4) is 0 Å². The monoisotopic (exact) mass is 186 g/mol. The van der Waals surface area contributed by atoms with Crippen molar-refractivity contribution >= 4 is 5.97 Å². The van der Waals surface area contributed by atoms with E-state index in [0.717, 1.165) is 12.8 Å². The van der Waals surface area contributed by atoms with Gasteiger partial charge in [-0.3, -0.25) is 4.79 Å². The van der Waals surface area contributed by atoms with Crippen LogP contribution < -0.4 is 0 Å². The van der Waals surface area contributed by atoms with Crippen molar-refractivity contribution in [2.24, 2.45) is 11.3 Å². The number of hydrogen-bond acceptors (Lipinski definition) is 3. The van der Waals surface area contributed by atoms with Crippen LogP contribution in [0.15, 0.2) is 0 Å². The Labute approximate surface area is 79.4 Å². The van der Waals surface area contributed by atoms with Gasteiger partial charge in [-0.1, -0.05) is 13.8 Å². The average molecular weight is 186 g/mol. The van der Waals surface area contributed by atoms with Crippen molar-refractivity contribution < 1.29 is 14.3 Å². The lowest BCUT2D eigenvalue weighted by Gasteiger charge is -2.37. The van der Waals surface area contributed by atoms with E-state index < -0.39 is 0 Å². The molecular formula is C10H18O3. The van der Waals surface area contributed by atoms with Gasteiger partial charge in [-0.15, -0.1) is 0 Å². The SMILES string of the molecule is COC(=O)C1(C(C)C)CCOCC1. The topological polar surface area (TPSA) is 35.5 Å². The van der Waals surface area contributed by atoms with Gasteiger partial charge in [0.25, 0.3) is 0 Å². The molecule has 3 nitrogen and oxygen atoms in total. The summed E-state index contributed by atoms with van der Waals surface area (Å²) in [5.41, 5.74) is -0.299. The molecule has 1 saturated heterocycles. The van der Waals surface area contributed by atoms with Crippen LogP contribution in [0.1, 0.15) is 26.7 Å². The zero-order valence-electron chi connectivity index (χ0n) is 8.63. The van der Waals surface area contributed by atoms with E-state index in [-0.39, 0.29) is 11.4 Å². The van der Waals surface area contributed by atoms with Gasteiger partial charge in [0.15, 0.2) is 0 Å². The first-order chi connectivity index (χ1) is 6.13. The number of ether oxygens (including phenoxy) is 2. The molecule has 0 aromatic heterocycles. The summed E-state index contributed by atoms with van der Waals surface area (Å²) in [4.78, 5) is 11.7. The lowest BCUT2D eigenvalue weighted by atomic mass is 9.71. The maximum atomic E-state index is 11.7. The summed E-state index contributed by atoms with van der Waals surface area (Å²) < 4.78 is 10.1. The van der Waals surface area contributed by atoms with Crippen LogP contribution >= 0.6 is 0 Å². The van der Waals surface area contributed by atoms with Gasteiger partial charge in [-0.25, -0.2) is 0 Å². The van der Waals surface area contributed by atoms with Gasteiger partial charge in [0.2, 0.25) is 0 Å². The predicted molar refractivity (Wildman–Crippen MR) is 49.3 cm³/mol. The molecule has 1 heterocycles. The van der Waals surface area contributed by atoms with E-state index in [1.54, 1.807) is 0 Å². The number of carbonyl (C=O) groups excluding carboxylic acids is 1. The summed E-state index contributed by atoms with van der Waals surface area (Å²) in [5, 5.41) is 0. The Hall–Kier alpha value is -0.570. The van der Waals surface area contributed by atoms with Crippen molar-refractivity contribution in [2.45, 2.75) is 26.7 Å². The van der Waals surface area contributed by atoms with Gasteiger partial charge in [0, 0.05) is 13.2 Å². The quantitative estimate of drug-likeness (QED) is 0.615. The molecule has 0 aromatic carbocycles. The maximum absolute atomic E-state index is 11.7. The van der Waals surface area contributed by atoms with Crippen molar-refractivity contribution in [3.8, 4) is 0 Å². The summed E-state index contributed by atoms with van der Waals surface area (Å²) in [7, 11) is 1.46. The number of esters is 1. The van der Waals surface area contributed by atoms with E-state index in [1.165, 1.54) is 7.11 Å². The van der Waals surface area contributed by atoms with Crippen LogP contribution in [0.5, 0.6) is 0 Å². The van der Waals surface area contributed by atoms with Gasteiger partial charge < -0.3 is 9.47 Å². The molecule has 0 spiro atoms. The van der Waals surface area contributed by atoms with Crippen molar-refractivity contribution in [2.75, 3.05) is 20.3 Å². The highest BCUT2D eigenvalue weighted by Crippen LogP contribution is 2.39. The molecule has 0 amide bonds. The van der Waals surface area contributed by atoms with E-state index in [0.29, 0.717) is 19.1 Å². The van der Waals surface area contributed by atoms with E-state index in [2.05, 4.69) is 13.8 Å². The summed E-state index contributed by atoms with van der Waals surface area (Å²) in [6.07, 6.45) is 1.58. The smallest absolute Gasteiger partial charge is 0.312 e. The first kappa shape index (κ1) is 10.5. The predicted octanol–water partition coefficient (Wildman–Crippen LogP) is 1.61. The number of carbonyl (C=O) groups is 1. The Morgan fingerprint density at radius 1 is 1.38 bits per heavy atom. The fourth-order valence-electron chi connectivity index (χ4n) is 1.96. The first-order valence-electron chi connectivity index (χ1n) is 4.79. The molecule has 1 aliphatic heterocycles. The van der Waals surface area contributed by atoms with Crippen molar-refractivity contribution in [1.82, 2.24) is 0 Å². The second-order valence-electron chi connectivity index (χ2n) is 3.91. The third-order valence-electron chi connectivity index (χ3n) is 3.08. The zero-order valence-corrected chi connectivity index (χ0v) is 8.63. The molecule has 0 saturated carbocycles. The summed E-state index contributed by atoms with van der Waals surface area (Å²) in [6.45, 7) is 5.49. The second-order valence-corrected chi connectivity index (χ2v) is 3.91. The average Bonchev–Trinajstić information content (AvgIpc) is 2.17. The van der Waals surface area contributed by atoms with Crippen LogP contribution in [0.2, 0.25) is 0 Å². The Morgan fingerprint density at radius 3 is 2.31 bits per heavy atom. The fourth-order valence-corrected chi connectivity index (χ4v) is 1.96. The van der Waals surface area contributed by atoms with E-state index >= 15 is 0 Å². The molecule has 0 N–H and O–H groups in total. The molecule has 0 bridgehead atoms. The van der Waals surface area contributed by atoms with Crippen LogP contribution in [-0.2, 0) is 14.3 Å². The van der Waals surface area contributed by atoms with Crippen molar-refractivity contribution in [3.63, 3.8) is 0 Å². The highest BCUT2D eigenvalue weighted by atomic mass is 16.5. The second kappa shape index (κ2) is 4.09. The molecule has 0 radical (unpaired) electrons. The van der Waals surface area contributed by atoms with Crippen LogP contribution in [0.25, 0.3) is 0 Å². The van der Waals surface area contributed by atoms with Crippen molar-refractivity contribution in [1.29, 1.82) is 0 Å². The Balaban J connectivity index is 2.79. The zero-order chi connectivity index (χ0) is 9.90. The Kier molecular flexibility index (Phi) is 3.31. The molecule has 76 valence electrons. The van der Waals surface area contributed by atoms with Gasteiger partial charge in [-0.05, 0) is 18.8 Å². The third kappa shape index (κ3) is 1.85. The molecule has 13 heavy (non-hydrogen) atoms. The molecule has 1 rings (SSSR count). The highest BCUT2D eigenvalue weighted by molar-refractivity contribution is 5.77. The highest BCUT2D eigenvalue weighted by Gasteiger charge is 2.43. The minimum Gasteiger partial charge on any atom is -0.469 e. The van der Waals surface area contributed by atoms with Crippen LogP contribution in [0.4, 0.5) is 0 Å². The number of rotatable bonds is 2. The summed E-state index contributed by atoms with van der Waals surface area (Å²) >= 11 is 0. The van der Waals surface area contributed by atoms with Gasteiger partial charge in [0.1, 0.15) is 0 Å². The minimum atomic E-state index is -0.299. The Bertz CT molecular complexity index is 181. The Morgan fingerprint density at radius 2 is 1.92 bits per heavy atom. The van der Waals surface area contributed by atoms with Crippen LogP contribution in [-0.4, -0.2) is 26.3 Å². The van der Waals surface area contributed by atoms with E-state index in [1.807, 2.05) is 0 Å². The fraction of sp³-hybridized carbons (Fsp3) is 0.900. The number of methoxy groups -OCH3 is 1. The molecule has 0 aromatic rings. The maximum Gasteiger partial charge on any atom is 0.312 e. The molecular weight excluding hydrogens is 168 g/mol. The van der Waals surface area contributed by atoms with E-state index in [9.17, 15) is 4.79 Å². The first-order valence-corrected chi connectivity index (χ1v) is 4.79. The molecule has 0 atom stereocenters. The largest absolute Gasteiger partial charge is 0.469 e. The van der Waals surface area contributed by atoms with Crippen LogP contribution in [0, 0.1) is 11.3 Å². The molecule has 1 fully saturated rings. The molecule has 3 heteroatoms. The molecule has 0 aliphatic carbocycles. The van der Waals surface area contributed by atoms with Gasteiger partial charge in [0.05, 0.1) is 12.5 Å². The number of hydrogen-bond donors (Lipinski definition) is 0. The summed E-state index contributed by atoms with van der Waals surface area (Å²) in [5.74, 6) is 0.245. The molecule has 0 unspecified atom stereocenters. The standard InChI is InChI=1S/C10H18O3/c1-8(2)10(9(11)12-3)4-6-13-7-5-10/h8H,4-7H2,1-3H3. The van der Waals surface area contributed by atoms with E-state index in [4.69, 9.17) is 9.47 Å². The normalized spacial score (nSPS) is 21.5. The lowest BCUT2D eigenvalue weighted by molar-refractivity contribution is -0.162. The third-order valence-corrected chi connectivity index (χ3v) is 3.08. The van der Waals surface area contributed by atoms with Gasteiger partial charge in [-0.2, -0.15) is 0 Å².